The molecule has 166 valence electrons. The first-order chi connectivity index (χ1) is 15.9. The summed E-state index contributed by atoms with van der Waals surface area (Å²) in [6.45, 7) is 0.297. The first kappa shape index (κ1) is 23.9. The summed E-state index contributed by atoms with van der Waals surface area (Å²) in [6.07, 6.45) is 1.42. The van der Waals surface area contributed by atoms with Crippen LogP contribution in [0.15, 0.2) is 72.3 Å². The first-order valence-electron chi connectivity index (χ1n) is 9.70. The topological polar surface area (TPSA) is 88.4 Å². The number of rotatable bonds is 7. The minimum Gasteiger partial charge on any atom is -0.493 e. The molecule has 0 aliphatic carbocycles. The standard InChI is InChI=1S/C25H18Cl2N2O4/c1-32-23-12-17(11-19(14-28)24(30)29-15-16-5-3-2-4-6-16)7-10-22(23)33-25(31)18-8-9-20(26)21(27)13-18/h2-13H,15H2,1H3,(H,29,30)/b19-11+. The second kappa shape index (κ2) is 11.2. The number of esters is 1. The van der Waals surface area contributed by atoms with Gasteiger partial charge in [0.1, 0.15) is 11.6 Å². The maximum Gasteiger partial charge on any atom is 0.343 e. The molecule has 0 saturated carbocycles. The highest BCUT2D eigenvalue weighted by atomic mass is 35.5. The smallest absolute Gasteiger partial charge is 0.343 e. The van der Waals surface area contributed by atoms with Crippen molar-refractivity contribution < 1.29 is 19.1 Å². The number of hydrogen-bond donors (Lipinski definition) is 1. The molecule has 0 spiro atoms. The largest absolute Gasteiger partial charge is 0.493 e. The molecule has 0 unspecified atom stereocenters. The minimum atomic E-state index is -0.645. The van der Waals surface area contributed by atoms with Gasteiger partial charge in [0.25, 0.3) is 5.91 Å². The molecule has 1 amide bonds. The Hall–Kier alpha value is -3.79. The van der Waals surface area contributed by atoms with Gasteiger partial charge in [0, 0.05) is 6.54 Å². The van der Waals surface area contributed by atoms with Crippen molar-refractivity contribution in [2.75, 3.05) is 7.11 Å². The summed E-state index contributed by atoms with van der Waals surface area (Å²) in [4.78, 5) is 24.9. The number of halogens is 2. The van der Waals surface area contributed by atoms with Crippen LogP contribution in [-0.2, 0) is 11.3 Å². The third-order valence-corrected chi connectivity index (χ3v) is 5.26. The zero-order valence-corrected chi connectivity index (χ0v) is 19.0. The second-order valence-corrected chi connectivity index (χ2v) is 7.58. The molecule has 3 aromatic carbocycles. The number of benzene rings is 3. The summed E-state index contributed by atoms with van der Waals surface area (Å²) in [5, 5.41) is 12.7. The first-order valence-corrected chi connectivity index (χ1v) is 10.5. The summed E-state index contributed by atoms with van der Waals surface area (Å²) in [7, 11) is 1.41. The van der Waals surface area contributed by atoms with E-state index in [0.29, 0.717) is 17.1 Å². The van der Waals surface area contributed by atoms with E-state index in [-0.39, 0.29) is 27.7 Å². The molecule has 0 saturated heterocycles. The lowest BCUT2D eigenvalue weighted by Crippen LogP contribution is -2.23. The highest BCUT2D eigenvalue weighted by molar-refractivity contribution is 6.42. The van der Waals surface area contributed by atoms with Crippen LogP contribution in [0.5, 0.6) is 11.5 Å². The van der Waals surface area contributed by atoms with Gasteiger partial charge in [0.2, 0.25) is 0 Å². The average molecular weight is 481 g/mol. The Bertz CT molecular complexity index is 1250. The molecule has 0 atom stereocenters. The molecule has 33 heavy (non-hydrogen) atoms. The number of hydrogen-bond acceptors (Lipinski definition) is 5. The van der Waals surface area contributed by atoms with E-state index < -0.39 is 11.9 Å². The lowest BCUT2D eigenvalue weighted by Gasteiger charge is -2.11. The van der Waals surface area contributed by atoms with Crippen LogP contribution in [0, 0.1) is 11.3 Å². The number of nitriles is 1. The Morgan fingerprint density at radius 1 is 1.00 bits per heavy atom. The maximum absolute atomic E-state index is 12.4. The summed E-state index contributed by atoms with van der Waals surface area (Å²) in [5.41, 5.74) is 1.58. The third-order valence-electron chi connectivity index (χ3n) is 4.52. The van der Waals surface area contributed by atoms with E-state index in [1.165, 1.54) is 37.5 Å². The number of ether oxygens (including phenoxy) is 2. The minimum absolute atomic E-state index is 0.0754. The lowest BCUT2D eigenvalue weighted by atomic mass is 10.1. The molecule has 6 nitrogen and oxygen atoms in total. The molecule has 3 rings (SSSR count). The van der Waals surface area contributed by atoms with Gasteiger partial charge in [-0.25, -0.2) is 4.79 Å². The van der Waals surface area contributed by atoms with Gasteiger partial charge < -0.3 is 14.8 Å². The Morgan fingerprint density at radius 2 is 1.76 bits per heavy atom. The monoisotopic (exact) mass is 480 g/mol. The van der Waals surface area contributed by atoms with Crippen molar-refractivity contribution in [3.05, 3.63) is 99.0 Å². The van der Waals surface area contributed by atoms with Crippen LogP contribution in [0.2, 0.25) is 10.0 Å². The molecular formula is C25H18Cl2N2O4. The van der Waals surface area contributed by atoms with Gasteiger partial charge in [-0.2, -0.15) is 5.26 Å². The van der Waals surface area contributed by atoms with Gasteiger partial charge in [-0.3, -0.25) is 4.79 Å². The quantitative estimate of drug-likeness (QED) is 0.210. The van der Waals surface area contributed by atoms with Gasteiger partial charge in [0.15, 0.2) is 11.5 Å². The number of amides is 1. The fourth-order valence-corrected chi connectivity index (χ4v) is 3.13. The SMILES string of the molecule is COc1cc(/C=C(\C#N)C(=O)NCc2ccccc2)ccc1OC(=O)c1ccc(Cl)c(Cl)c1. The summed E-state index contributed by atoms with van der Waals surface area (Å²) in [6, 6.07) is 20.3. The van der Waals surface area contributed by atoms with Crippen molar-refractivity contribution in [2.45, 2.75) is 6.54 Å². The van der Waals surface area contributed by atoms with Crippen LogP contribution in [0.1, 0.15) is 21.5 Å². The summed E-state index contributed by atoms with van der Waals surface area (Å²) in [5.74, 6) is -0.736. The van der Waals surface area contributed by atoms with E-state index in [1.807, 2.05) is 36.4 Å². The molecule has 0 fully saturated rings. The molecule has 0 aliphatic rings. The Kier molecular flexibility index (Phi) is 8.09. The summed E-state index contributed by atoms with van der Waals surface area (Å²) < 4.78 is 10.7. The molecule has 0 aromatic heterocycles. The van der Waals surface area contributed by atoms with E-state index in [4.69, 9.17) is 32.7 Å². The van der Waals surface area contributed by atoms with Gasteiger partial charge in [-0.05, 0) is 47.5 Å². The summed E-state index contributed by atoms with van der Waals surface area (Å²) >= 11 is 11.8. The van der Waals surface area contributed by atoms with E-state index in [9.17, 15) is 14.9 Å². The highest BCUT2D eigenvalue weighted by Gasteiger charge is 2.15. The fraction of sp³-hybridized carbons (Fsp3) is 0.0800. The average Bonchev–Trinajstić information content (AvgIpc) is 2.84. The van der Waals surface area contributed by atoms with Crippen molar-refractivity contribution in [3.8, 4) is 17.6 Å². The number of nitrogens with one attached hydrogen (secondary N) is 1. The zero-order valence-electron chi connectivity index (χ0n) is 17.5. The fourth-order valence-electron chi connectivity index (χ4n) is 2.83. The van der Waals surface area contributed by atoms with E-state index in [1.54, 1.807) is 12.1 Å². The van der Waals surface area contributed by atoms with Crippen LogP contribution < -0.4 is 14.8 Å². The third kappa shape index (κ3) is 6.36. The molecule has 0 bridgehead atoms. The van der Waals surface area contributed by atoms with Gasteiger partial charge in [0.05, 0.1) is 22.7 Å². The number of carbonyl (C=O) groups excluding carboxylic acids is 2. The second-order valence-electron chi connectivity index (χ2n) is 6.77. The Balaban J connectivity index is 1.75. The van der Waals surface area contributed by atoms with Crippen molar-refractivity contribution in [1.82, 2.24) is 5.32 Å². The maximum atomic E-state index is 12.4. The van der Waals surface area contributed by atoms with E-state index in [2.05, 4.69) is 5.32 Å². The zero-order chi connectivity index (χ0) is 23.8. The van der Waals surface area contributed by atoms with Crippen LogP contribution in [0.3, 0.4) is 0 Å². The molecule has 0 heterocycles. The van der Waals surface area contributed by atoms with Crippen LogP contribution in [0.25, 0.3) is 6.08 Å². The normalized spacial score (nSPS) is 10.8. The molecular weight excluding hydrogens is 463 g/mol. The molecule has 3 aromatic rings. The Labute approximate surface area is 201 Å². The van der Waals surface area contributed by atoms with Crippen LogP contribution in [-0.4, -0.2) is 19.0 Å². The van der Waals surface area contributed by atoms with Crippen LogP contribution in [0.4, 0.5) is 0 Å². The number of carbonyl (C=O) groups is 2. The molecule has 1 N–H and O–H groups in total. The molecule has 0 aliphatic heterocycles. The highest BCUT2D eigenvalue weighted by Crippen LogP contribution is 2.30. The van der Waals surface area contributed by atoms with Crippen molar-refractivity contribution >= 4 is 41.2 Å². The van der Waals surface area contributed by atoms with Crippen LogP contribution >= 0.6 is 23.2 Å². The van der Waals surface area contributed by atoms with Gasteiger partial charge >= 0.3 is 5.97 Å². The molecule has 8 heteroatoms. The number of nitrogens with zero attached hydrogens (tertiary/aromatic N) is 1. The van der Waals surface area contributed by atoms with E-state index in [0.717, 1.165) is 5.56 Å². The number of methoxy groups -OCH3 is 1. The van der Waals surface area contributed by atoms with E-state index >= 15 is 0 Å². The van der Waals surface area contributed by atoms with Crippen molar-refractivity contribution in [1.29, 1.82) is 5.26 Å². The lowest BCUT2D eigenvalue weighted by molar-refractivity contribution is -0.117. The van der Waals surface area contributed by atoms with Gasteiger partial charge in [-0.1, -0.05) is 59.6 Å². The predicted molar refractivity (Wildman–Crippen MR) is 126 cm³/mol. The molecule has 0 radical (unpaired) electrons. The Morgan fingerprint density at radius 3 is 2.42 bits per heavy atom. The predicted octanol–water partition coefficient (Wildman–Crippen LogP) is 5.44. The van der Waals surface area contributed by atoms with Crippen molar-refractivity contribution in [3.63, 3.8) is 0 Å². The van der Waals surface area contributed by atoms with Crippen molar-refractivity contribution in [2.24, 2.45) is 0 Å². The van der Waals surface area contributed by atoms with Gasteiger partial charge in [-0.15, -0.1) is 0 Å².